The van der Waals surface area contributed by atoms with Gasteiger partial charge in [-0.15, -0.1) is 0 Å². The molecule has 0 unspecified atom stereocenters. The molecule has 5 nitrogen and oxygen atoms in total. The topological polar surface area (TPSA) is 62.5 Å². The second kappa shape index (κ2) is 10.2. The van der Waals surface area contributed by atoms with Crippen molar-refractivity contribution in [2.24, 2.45) is 10.9 Å². The first-order chi connectivity index (χ1) is 10.5. The highest BCUT2D eigenvalue weighted by Gasteiger charge is 2.06. The molecule has 0 saturated carbocycles. The minimum atomic E-state index is 0.558. The molecule has 0 spiro atoms. The Morgan fingerprint density at radius 1 is 1.14 bits per heavy atom. The maximum absolute atomic E-state index is 5.54. The van der Waals surface area contributed by atoms with E-state index in [4.69, 9.17) is 4.42 Å². The zero-order valence-corrected chi connectivity index (χ0v) is 14.8. The van der Waals surface area contributed by atoms with Gasteiger partial charge < -0.3 is 15.1 Å². The van der Waals surface area contributed by atoms with Crippen LogP contribution in [0.25, 0.3) is 0 Å². The van der Waals surface area contributed by atoms with Gasteiger partial charge in [-0.3, -0.25) is 4.99 Å². The van der Waals surface area contributed by atoms with Gasteiger partial charge in [0.25, 0.3) is 0 Å². The van der Waals surface area contributed by atoms with E-state index in [1.54, 1.807) is 7.05 Å². The summed E-state index contributed by atoms with van der Waals surface area (Å²) in [7, 11) is 1.78. The molecule has 126 valence electrons. The molecule has 0 fully saturated rings. The van der Waals surface area contributed by atoms with Crippen molar-refractivity contribution >= 4 is 5.96 Å². The predicted molar refractivity (Wildman–Crippen MR) is 92.1 cm³/mol. The first-order valence-electron chi connectivity index (χ1n) is 8.40. The number of aryl methyl sites for hydroxylation is 2. The number of guanidine groups is 1. The van der Waals surface area contributed by atoms with E-state index in [9.17, 15) is 0 Å². The third kappa shape index (κ3) is 7.48. The summed E-state index contributed by atoms with van der Waals surface area (Å²) < 4.78 is 5.54. The van der Waals surface area contributed by atoms with Crippen LogP contribution in [0.15, 0.2) is 9.41 Å². The third-order valence-electron chi connectivity index (χ3n) is 3.70. The van der Waals surface area contributed by atoms with Crippen LogP contribution in [-0.4, -0.2) is 24.5 Å². The summed E-state index contributed by atoms with van der Waals surface area (Å²) in [5.74, 6) is 3.20. The smallest absolute Gasteiger partial charge is 0.214 e. The fraction of sp³-hybridized carbons (Fsp3) is 0.765. The van der Waals surface area contributed by atoms with Crippen molar-refractivity contribution in [2.75, 3.05) is 13.6 Å². The van der Waals surface area contributed by atoms with Crippen LogP contribution in [0.2, 0.25) is 0 Å². The second-order valence-electron chi connectivity index (χ2n) is 6.20. The molecule has 0 bridgehead atoms. The van der Waals surface area contributed by atoms with E-state index in [1.807, 2.05) is 13.8 Å². The fourth-order valence-electron chi connectivity index (χ4n) is 2.23. The molecule has 1 aromatic heterocycles. The van der Waals surface area contributed by atoms with Gasteiger partial charge in [-0.05, 0) is 26.2 Å². The summed E-state index contributed by atoms with van der Waals surface area (Å²) in [6.45, 7) is 9.96. The fourth-order valence-corrected chi connectivity index (χ4v) is 2.23. The monoisotopic (exact) mass is 308 g/mol. The largest absolute Gasteiger partial charge is 0.444 e. The summed E-state index contributed by atoms with van der Waals surface area (Å²) >= 11 is 0. The highest BCUT2D eigenvalue weighted by Crippen LogP contribution is 2.09. The number of aromatic nitrogens is 1. The van der Waals surface area contributed by atoms with Crippen LogP contribution in [-0.2, 0) is 6.54 Å². The van der Waals surface area contributed by atoms with Crippen molar-refractivity contribution in [1.82, 2.24) is 15.6 Å². The van der Waals surface area contributed by atoms with Crippen LogP contribution < -0.4 is 10.6 Å². The van der Waals surface area contributed by atoms with Crippen molar-refractivity contribution in [3.8, 4) is 0 Å². The minimum absolute atomic E-state index is 0.558. The zero-order chi connectivity index (χ0) is 16.4. The zero-order valence-electron chi connectivity index (χ0n) is 14.8. The Hall–Kier alpha value is -1.52. The molecule has 0 aromatic carbocycles. The number of aliphatic imine (C=N–C) groups is 1. The molecule has 0 aliphatic carbocycles. The SMILES string of the molecule is CN=C(NCCCCCCC(C)C)NCc1nc(C)c(C)o1. The minimum Gasteiger partial charge on any atom is -0.444 e. The quantitative estimate of drug-likeness (QED) is 0.416. The first-order valence-corrected chi connectivity index (χ1v) is 8.40. The van der Waals surface area contributed by atoms with Gasteiger partial charge in [0.15, 0.2) is 5.96 Å². The predicted octanol–water partition coefficient (Wildman–Crippen LogP) is 3.56. The van der Waals surface area contributed by atoms with Crippen LogP contribution in [0.4, 0.5) is 0 Å². The number of hydrogen-bond donors (Lipinski definition) is 2. The number of unbranched alkanes of at least 4 members (excludes halogenated alkanes) is 3. The molecule has 1 heterocycles. The second-order valence-corrected chi connectivity index (χ2v) is 6.20. The van der Waals surface area contributed by atoms with E-state index in [1.165, 1.54) is 32.1 Å². The molecule has 0 atom stereocenters. The van der Waals surface area contributed by atoms with E-state index in [2.05, 4.69) is 34.5 Å². The van der Waals surface area contributed by atoms with E-state index in [-0.39, 0.29) is 0 Å². The van der Waals surface area contributed by atoms with Gasteiger partial charge in [-0.2, -0.15) is 0 Å². The molecule has 5 heteroatoms. The standard InChI is InChI=1S/C17H32N4O/c1-13(2)10-8-6-7-9-11-19-17(18-5)20-12-16-21-14(3)15(4)22-16/h13H,6-12H2,1-5H3,(H2,18,19,20). The Balaban J connectivity index is 2.12. The Kier molecular flexibility index (Phi) is 8.63. The lowest BCUT2D eigenvalue weighted by molar-refractivity contribution is 0.463. The molecule has 1 rings (SSSR count). The van der Waals surface area contributed by atoms with Crippen molar-refractivity contribution < 1.29 is 4.42 Å². The summed E-state index contributed by atoms with van der Waals surface area (Å²) in [5.41, 5.74) is 0.946. The van der Waals surface area contributed by atoms with Gasteiger partial charge in [-0.1, -0.05) is 39.5 Å². The van der Waals surface area contributed by atoms with Gasteiger partial charge in [0, 0.05) is 13.6 Å². The maximum atomic E-state index is 5.54. The highest BCUT2D eigenvalue weighted by atomic mass is 16.4. The summed E-state index contributed by atoms with van der Waals surface area (Å²) in [6, 6.07) is 0. The van der Waals surface area contributed by atoms with E-state index in [0.717, 1.165) is 29.9 Å². The van der Waals surface area contributed by atoms with Gasteiger partial charge >= 0.3 is 0 Å². The average Bonchev–Trinajstić information content (AvgIpc) is 2.79. The molecular weight excluding hydrogens is 276 g/mol. The summed E-state index contributed by atoms with van der Waals surface area (Å²) in [5, 5.41) is 6.56. The first kappa shape index (κ1) is 18.5. The van der Waals surface area contributed by atoms with Gasteiger partial charge in [0.05, 0.1) is 12.2 Å². The number of nitrogens with zero attached hydrogens (tertiary/aromatic N) is 2. The Morgan fingerprint density at radius 2 is 1.86 bits per heavy atom. The molecule has 22 heavy (non-hydrogen) atoms. The van der Waals surface area contributed by atoms with Crippen molar-refractivity contribution in [3.05, 3.63) is 17.3 Å². The molecule has 2 N–H and O–H groups in total. The highest BCUT2D eigenvalue weighted by molar-refractivity contribution is 5.79. The molecule has 0 aliphatic heterocycles. The molecular formula is C17H32N4O. The summed E-state index contributed by atoms with van der Waals surface area (Å²) in [6.07, 6.45) is 6.45. The van der Waals surface area contributed by atoms with Crippen LogP contribution in [0.5, 0.6) is 0 Å². The average molecular weight is 308 g/mol. The maximum Gasteiger partial charge on any atom is 0.214 e. The third-order valence-corrected chi connectivity index (χ3v) is 3.70. The van der Waals surface area contributed by atoms with Crippen LogP contribution >= 0.6 is 0 Å². The molecule has 0 radical (unpaired) electrons. The van der Waals surface area contributed by atoms with Crippen LogP contribution in [0, 0.1) is 19.8 Å². The number of rotatable bonds is 9. The lowest BCUT2D eigenvalue weighted by Crippen LogP contribution is -2.37. The number of oxazole rings is 1. The van der Waals surface area contributed by atoms with Gasteiger partial charge in [0.2, 0.25) is 5.89 Å². The Labute approximate surface area is 135 Å². The van der Waals surface area contributed by atoms with E-state index >= 15 is 0 Å². The lowest BCUT2D eigenvalue weighted by Gasteiger charge is -2.10. The number of nitrogens with one attached hydrogen (secondary N) is 2. The Bertz CT molecular complexity index is 432. The van der Waals surface area contributed by atoms with Gasteiger partial charge in [-0.25, -0.2) is 4.98 Å². The number of hydrogen-bond acceptors (Lipinski definition) is 3. The van der Waals surface area contributed by atoms with Crippen molar-refractivity contribution in [3.63, 3.8) is 0 Å². The lowest BCUT2D eigenvalue weighted by atomic mass is 10.0. The molecule has 1 aromatic rings. The van der Waals surface area contributed by atoms with Crippen LogP contribution in [0.1, 0.15) is 63.3 Å². The van der Waals surface area contributed by atoms with E-state index in [0.29, 0.717) is 12.4 Å². The summed E-state index contributed by atoms with van der Waals surface area (Å²) in [4.78, 5) is 8.56. The molecule has 0 aliphatic rings. The molecule has 0 amide bonds. The van der Waals surface area contributed by atoms with Crippen molar-refractivity contribution in [2.45, 2.75) is 66.3 Å². The van der Waals surface area contributed by atoms with Crippen LogP contribution in [0.3, 0.4) is 0 Å². The normalized spacial score (nSPS) is 12.0. The molecule has 0 saturated heterocycles. The Morgan fingerprint density at radius 3 is 2.45 bits per heavy atom. The van der Waals surface area contributed by atoms with Gasteiger partial charge in [0.1, 0.15) is 5.76 Å². The van der Waals surface area contributed by atoms with Crippen molar-refractivity contribution in [1.29, 1.82) is 0 Å². The van der Waals surface area contributed by atoms with E-state index < -0.39 is 0 Å².